The van der Waals surface area contributed by atoms with Crippen LogP contribution in [0, 0.1) is 12.7 Å². The normalized spacial score (nSPS) is 10.7. The summed E-state index contributed by atoms with van der Waals surface area (Å²) in [6, 6.07) is 6.12. The molecule has 0 spiro atoms. The highest BCUT2D eigenvalue weighted by Crippen LogP contribution is 2.25. The number of hydrogen-bond acceptors (Lipinski definition) is 3. The molecule has 2 N–H and O–H groups in total. The number of hydrogen-bond donors (Lipinski definition) is 1. The van der Waals surface area contributed by atoms with Crippen molar-refractivity contribution < 1.29 is 9.13 Å². The molecule has 0 aliphatic heterocycles. The molecule has 0 aliphatic rings. The van der Waals surface area contributed by atoms with Crippen molar-refractivity contribution in [3.05, 3.63) is 41.3 Å². The lowest BCUT2D eigenvalue weighted by atomic mass is 10.2. The molecular formula is C13H16FN3O. The molecule has 0 saturated heterocycles. The summed E-state index contributed by atoms with van der Waals surface area (Å²) in [6.07, 6.45) is 0.705. The van der Waals surface area contributed by atoms with Gasteiger partial charge < -0.3 is 10.5 Å². The Bertz CT molecular complexity index is 534. The molecule has 96 valence electrons. The third-order valence-electron chi connectivity index (χ3n) is 2.80. The molecule has 0 radical (unpaired) electrons. The lowest BCUT2D eigenvalue weighted by Gasteiger charge is -2.07. The zero-order chi connectivity index (χ0) is 13.1. The Labute approximate surface area is 105 Å². The van der Waals surface area contributed by atoms with Crippen molar-refractivity contribution in [3.8, 4) is 11.6 Å². The van der Waals surface area contributed by atoms with E-state index in [4.69, 9.17) is 10.5 Å². The van der Waals surface area contributed by atoms with E-state index in [2.05, 4.69) is 5.10 Å². The Kier molecular flexibility index (Phi) is 3.62. The average molecular weight is 249 g/mol. The summed E-state index contributed by atoms with van der Waals surface area (Å²) in [5.74, 6) is 0.383. The van der Waals surface area contributed by atoms with Crippen LogP contribution in [0.5, 0.6) is 5.88 Å². The van der Waals surface area contributed by atoms with Gasteiger partial charge in [0.1, 0.15) is 5.82 Å². The van der Waals surface area contributed by atoms with Crippen LogP contribution < -0.4 is 10.5 Å². The summed E-state index contributed by atoms with van der Waals surface area (Å²) in [4.78, 5) is 0. The highest BCUT2D eigenvalue weighted by molar-refractivity contribution is 5.41. The van der Waals surface area contributed by atoms with Gasteiger partial charge in [0, 0.05) is 5.56 Å². The van der Waals surface area contributed by atoms with Crippen molar-refractivity contribution in [2.24, 2.45) is 5.73 Å². The van der Waals surface area contributed by atoms with Gasteiger partial charge in [0.05, 0.1) is 18.5 Å². The van der Waals surface area contributed by atoms with Crippen molar-refractivity contribution >= 4 is 0 Å². The summed E-state index contributed by atoms with van der Waals surface area (Å²) >= 11 is 0. The molecule has 2 aromatic rings. The molecule has 0 fully saturated rings. The molecule has 0 amide bonds. The summed E-state index contributed by atoms with van der Waals surface area (Å²) in [5.41, 5.74) is 8.21. The van der Waals surface area contributed by atoms with E-state index in [-0.39, 0.29) is 5.82 Å². The number of benzene rings is 1. The fourth-order valence-electron chi connectivity index (χ4n) is 1.94. The van der Waals surface area contributed by atoms with Crippen molar-refractivity contribution in [2.75, 3.05) is 13.7 Å². The van der Waals surface area contributed by atoms with Crippen LogP contribution in [0.25, 0.3) is 5.69 Å². The first-order valence-corrected chi connectivity index (χ1v) is 5.76. The number of nitrogens with zero attached hydrogens (tertiary/aromatic N) is 2. The van der Waals surface area contributed by atoms with E-state index in [1.54, 1.807) is 23.9 Å². The van der Waals surface area contributed by atoms with E-state index in [0.29, 0.717) is 18.8 Å². The Balaban J connectivity index is 2.50. The molecule has 2 rings (SSSR count). The van der Waals surface area contributed by atoms with Crippen LogP contribution in [0.15, 0.2) is 24.3 Å². The van der Waals surface area contributed by atoms with E-state index < -0.39 is 0 Å². The van der Waals surface area contributed by atoms with Gasteiger partial charge in [-0.2, -0.15) is 5.10 Å². The van der Waals surface area contributed by atoms with E-state index >= 15 is 0 Å². The van der Waals surface area contributed by atoms with Crippen LogP contribution in [0.3, 0.4) is 0 Å². The molecular weight excluding hydrogens is 233 g/mol. The summed E-state index contributed by atoms with van der Waals surface area (Å²) in [7, 11) is 1.59. The van der Waals surface area contributed by atoms with Gasteiger partial charge in [0.15, 0.2) is 0 Å². The lowest BCUT2D eigenvalue weighted by molar-refractivity contribution is 0.379. The summed E-state index contributed by atoms with van der Waals surface area (Å²) in [5, 5.41) is 4.41. The topological polar surface area (TPSA) is 53.1 Å². The third-order valence-corrected chi connectivity index (χ3v) is 2.80. The monoisotopic (exact) mass is 249 g/mol. The molecule has 0 aliphatic carbocycles. The fourth-order valence-corrected chi connectivity index (χ4v) is 1.94. The molecule has 5 heteroatoms. The zero-order valence-electron chi connectivity index (χ0n) is 10.5. The Morgan fingerprint density at radius 1 is 1.33 bits per heavy atom. The quantitative estimate of drug-likeness (QED) is 0.899. The third kappa shape index (κ3) is 2.22. The second kappa shape index (κ2) is 5.18. The number of methoxy groups -OCH3 is 1. The molecule has 4 nitrogen and oxygen atoms in total. The number of rotatable bonds is 4. The standard InChI is InChI=1S/C13H16FN3O/c1-9-12(7-8-15)13(18-2)17(16-9)11-5-3-10(14)4-6-11/h3-6H,7-8,15H2,1-2H3. The smallest absolute Gasteiger partial charge is 0.219 e. The fraction of sp³-hybridized carbons (Fsp3) is 0.308. The van der Waals surface area contributed by atoms with Crippen LogP contribution in [0.4, 0.5) is 4.39 Å². The minimum atomic E-state index is -0.274. The summed E-state index contributed by atoms with van der Waals surface area (Å²) < 4.78 is 20.0. The van der Waals surface area contributed by atoms with Crippen LogP contribution in [-0.2, 0) is 6.42 Å². The lowest BCUT2D eigenvalue weighted by Crippen LogP contribution is -2.05. The maximum absolute atomic E-state index is 12.9. The van der Waals surface area contributed by atoms with Crippen molar-refractivity contribution in [1.29, 1.82) is 0 Å². The first-order valence-electron chi connectivity index (χ1n) is 5.76. The van der Waals surface area contributed by atoms with Gasteiger partial charge in [0.2, 0.25) is 5.88 Å². The molecule has 0 saturated carbocycles. The largest absolute Gasteiger partial charge is 0.481 e. The molecule has 0 unspecified atom stereocenters. The van der Waals surface area contributed by atoms with Crippen molar-refractivity contribution in [2.45, 2.75) is 13.3 Å². The van der Waals surface area contributed by atoms with E-state index in [1.807, 2.05) is 6.92 Å². The van der Waals surface area contributed by atoms with Gasteiger partial charge in [-0.1, -0.05) is 0 Å². The molecule has 0 bridgehead atoms. The van der Waals surface area contributed by atoms with Crippen LogP contribution in [0.2, 0.25) is 0 Å². The van der Waals surface area contributed by atoms with Gasteiger partial charge >= 0.3 is 0 Å². The highest BCUT2D eigenvalue weighted by Gasteiger charge is 2.16. The van der Waals surface area contributed by atoms with Crippen LogP contribution in [-0.4, -0.2) is 23.4 Å². The van der Waals surface area contributed by atoms with Gasteiger partial charge in [-0.15, -0.1) is 0 Å². The van der Waals surface area contributed by atoms with E-state index in [0.717, 1.165) is 16.9 Å². The van der Waals surface area contributed by atoms with Gasteiger partial charge in [0.25, 0.3) is 0 Å². The molecule has 0 atom stereocenters. The highest BCUT2D eigenvalue weighted by atomic mass is 19.1. The number of nitrogens with two attached hydrogens (primary N) is 1. The van der Waals surface area contributed by atoms with Crippen molar-refractivity contribution in [1.82, 2.24) is 9.78 Å². The van der Waals surface area contributed by atoms with Gasteiger partial charge in [-0.25, -0.2) is 9.07 Å². The number of aromatic nitrogens is 2. The van der Waals surface area contributed by atoms with Gasteiger partial charge in [-0.3, -0.25) is 0 Å². The maximum atomic E-state index is 12.9. The predicted octanol–water partition coefficient (Wildman–Crippen LogP) is 1.83. The minimum Gasteiger partial charge on any atom is -0.481 e. The Hall–Kier alpha value is -1.88. The molecule has 1 aromatic heterocycles. The molecule has 1 heterocycles. The Morgan fingerprint density at radius 3 is 2.56 bits per heavy atom. The molecule has 1 aromatic carbocycles. The zero-order valence-corrected chi connectivity index (χ0v) is 10.5. The first-order chi connectivity index (χ1) is 8.67. The molecule has 18 heavy (non-hydrogen) atoms. The van der Waals surface area contributed by atoms with Crippen LogP contribution in [0.1, 0.15) is 11.3 Å². The van der Waals surface area contributed by atoms with Crippen LogP contribution >= 0.6 is 0 Å². The number of aryl methyl sites for hydroxylation is 1. The Morgan fingerprint density at radius 2 is 2.00 bits per heavy atom. The maximum Gasteiger partial charge on any atom is 0.219 e. The average Bonchev–Trinajstić information content (AvgIpc) is 2.68. The number of ether oxygens (including phenoxy) is 1. The van der Waals surface area contributed by atoms with E-state index in [9.17, 15) is 4.39 Å². The van der Waals surface area contributed by atoms with E-state index in [1.165, 1.54) is 12.1 Å². The van der Waals surface area contributed by atoms with Crippen molar-refractivity contribution in [3.63, 3.8) is 0 Å². The second-order valence-electron chi connectivity index (χ2n) is 4.00. The second-order valence-corrected chi connectivity index (χ2v) is 4.00. The van der Waals surface area contributed by atoms with Gasteiger partial charge in [-0.05, 0) is 44.2 Å². The predicted molar refractivity (Wildman–Crippen MR) is 67.6 cm³/mol. The minimum absolute atomic E-state index is 0.274. The number of halogens is 1. The first kappa shape index (κ1) is 12.6. The SMILES string of the molecule is COc1c(CCN)c(C)nn1-c1ccc(F)cc1. The summed E-state index contributed by atoms with van der Waals surface area (Å²) in [6.45, 7) is 2.44.